The largest absolute Gasteiger partial charge is 0.478 e. The van der Waals surface area contributed by atoms with Crippen LogP contribution in [0.15, 0.2) is 18.2 Å². The lowest BCUT2D eigenvalue weighted by atomic mass is 9.88. The van der Waals surface area contributed by atoms with Crippen LogP contribution in [0.2, 0.25) is 0 Å². The fourth-order valence-corrected chi connectivity index (χ4v) is 2.84. The number of hydrogen-bond donors (Lipinski definition) is 2. The van der Waals surface area contributed by atoms with Crippen LogP contribution in [0.5, 0.6) is 0 Å². The molecule has 1 unspecified atom stereocenters. The molecule has 0 bridgehead atoms. The summed E-state index contributed by atoms with van der Waals surface area (Å²) in [6.07, 6.45) is 0. The van der Waals surface area contributed by atoms with Gasteiger partial charge in [-0.1, -0.05) is 13.0 Å². The highest BCUT2D eigenvalue weighted by Crippen LogP contribution is 2.27. The summed E-state index contributed by atoms with van der Waals surface area (Å²) in [7, 11) is 0. The van der Waals surface area contributed by atoms with Crippen LogP contribution < -0.4 is 5.32 Å². The third-order valence-electron chi connectivity index (χ3n) is 4.40. The van der Waals surface area contributed by atoms with E-state index in [2.05, 4.69) is 5.32 Å². The van der Waals surface area contributed by atoms with E-state index in [1.165, 1.54) is 0 Å². The van der Waals surface area contributed by atoms with Gasteiger partial charge in [0.2, 0.25) is 5.91 Å². The summed E-state index contributed by atoms with van der Waals surface area (Å²) in [6.45, 7) is 4.94. The van der Waals surface area contributed by atoms with Crippen molar-refractivity contribution in [1.29, 1.82) is 0 Å². The molecule has 0 saturated carbocycles. The van der Waals surface area contributed by atoms with Crippen molar-refractivity contribution in [3.8, 4) is 0 Å². The number of nitrogens with zero attached hydrogens (tertiary/aromatic N) is 1. The van der Waals surface area contributed by atoms with Crippen LogP contribution >= 0.6 is 0 Å². The average molecular weight is 274 g/mol. The zero-order valence-corrected chi connectivity index (χ0v) is 11.4. The maximum absolute atomic E-state index is 12.4. The number of carboxylic acids is 1. The van der Waals surface area contributed by atoms with Gasteiger partial charge in [0.1, 0.15) is 0 Å². The minimum Gasteiger partial charge on any atom is -0.478 e. The Hall–Kier alpha value is -1.88. The topological polar surface area (TPSA) is 69.6 Å². The molecule has 0 aliphatic carbocycles. The Balaban J connectivity index is 1.73. The summed E-state index contributed by atoms with van der Waals surface area (Å²) in [6, 6.07) is 5.11. The number of hydrogen-bond acceptors (Lipinski definition) is 3. The molecule has 2 heterocycles. The Labute approximate surface area is 117 Å². The quantitative estimate of drug-likeness (QED) is 0.865. The van der Waals surface area contributed by atoms with Crippen LogP contribution in [0, 0.1) is 11.8 Å². The van der Waals surface area contributed by atoms with Crippen molar-refractivity contribution in [3.63, 3.8) is 0 Å². The molecule has 20 heavy (non-hydrogen) atoms. The number of fused-ring (bicyclic) bond motifs is 1. The van der Waals surface area contributed by atoms with Crippen LogP contribution in [0.3, 0.4) is 0 Å². The van der Waals surface area contributed by atoms with E-state index in [0.717, 1.165) is 24.2 Å². The molecule has 0 radical (unpaired) electrons. The van der Waals surface area contributed by atoms with Crippen LogP contribution in [0.1, 0.15) is 28.4 Å². The standard InChI is InChI=1S/C15H18N2O3/c1-9(13-5-16-6-13)14(18)17-7-11-3-2-10(15(19)20)4-12(11)8-17/h2-4,9,13,16H,5-8H2,1H3,(H,19,20). The number of carbonyl (C=O) groups excluding carboxylic acids is 1. The molecular weight excluding hydrogens is 256 g/mol. The second kappa shape index (κ2) is 4.90. The van der Waals surface area contributed by atoms with Crippen LogP contribution in [0.4, 0.5) is 0 Å². The number of carboxylic acid groups (broad SMARTS) is 1. The summed E-state index contributed by atoms with van der Waals surface area (Å²) in [5, 5.41) is 12.2. The van der Waals surface area contributed by atoms with Gasteiger partial charge in [-0.25, -0.2) is 4.79 Å². The van der Waals surface area contributed by atoms with Gasteiger partial charge in [-0.15, -0.1) is 0 Å². The Kier molecular flexibility index (Phi) is 3.22. The number of amides is 1. The fourth-order valence-electron chi connectivity index (χ4n) is 2.84. The molecule has 3 rings (SSSR count). The lowest BCUT2D eigenvalue weighted by molar-refractivity contribution is -0.138. The molecule has 1 amide bonds. The molecule has 2 aliphatic rings. The predicted molar refractivity (Wildman–Crippen MR) is 73.2 cm³/mol. The molecule has 106 valence electrons. The summed E-state index contributed by atoms with van der Waals surface area (Å²) in [5.74, 6) is -0.290. The highest BCUT2D eigenvalue weighted by atomic mass is 16.4. The second-order valence-corrected chi connectivity index (χ2v) is 5.69. The van der Waals surface area contributed by atoms with Gasteiger partial charge in [-0.3, -0.25) is 4.79 Å². The lowest BCUT2D eigenvalue weighted by Gasteiger charge is -2.33. The minimum absolute atomic E-state index is 0.0320. The van der Waals surface area contributed by atoms with E-state index < -0.39 is 5.97 Å². The van der Waals surface area contributed by atoms with E-state index in [1.807, 2.05) is 17.9 Å². The van der Waals surface area contributed by atoms with Crippen LogP contribution in [-0.4, -0.2) is 35.0 Å². The zero-order valence-electron chi connectivity index (χ0n) is 11.4. The molecule has 1 aromatic carbocycles. The first kappa shape index (κ1) is 13.1. The van der Waals surface area contributed by atoms with Gasteiger partial charge in [0.05, 0.1) is 5.56 Å². The van der Waals surface area contributed by atoms with Crippen LogP contribution in [0.25, 0.3) is 0 Å². The van der Waals surface area contributed by atoms with Crippen molar-refractivity contribution >= 4 is 11.9 Å². The Bertz CT molecular complexity index is 566. The Morgan fingerprint density at radius 2 is 2.00 bits per heavy atom. The van der Waals surface area contributed by atoms with E-state index in [9.17, 15) is 9.59 Å². The Morgan fingerprint density at radius 3 is 2.60 bits per heavy atom. The summed E-state index contributed by atoms with van der Waals surface area (Å²) >= 11 is 0. The molecule has 0 spiro atoms. The van der Waals surface area contributed by atoms with Crippen molar-refractivity contribution < 1.29 is 14.7 Å². The van der Waals surface area contributed by atoms with E-state index in [4.69, 9.17) is 5.11 Å². The van der Waals surface area contributed by atoms with E-state index in [-0.39, 0.29) is 17.4 Å². The highest BCUT2D eigenvalue weighted by Gasteiger charge is 2.33. The lowest BCUT2D eigenvalue weighted by Crippen LogP contribution is -2.49. The number of carbonyl (C=O) groups is 2. The Morgan fingerprint density at radius 1 is 1.30 bits per heavy atom. The molecular formula is C15H18N2O3. The first-order valence-corrected chi connectivity index (χ1v) is 6.91. The van der Waals surface area contributed by atoms with Crippen molar-refractivity contribution in [2.75, 3.05) is 13.1 Å². The van der Waals surface area contributed by atoms with Gasteiger partial charge >= 0.3 is 5.97 Å². The summed E-state index contributed by atoms with van der Waals surface area (Å²) in [4.78, 5) is 25.3. The van der Waals surface area contributed by atoms with Gasteiger partial charge < -0.3 is 15.3 Å². The van der Waals surface area contributed by atoms with Crippen molar-refractivity contribution in [2.24, 2.45) is 11.8 Å². The van der Waals surface area contributed by atoms with Crippen LogP contribution in [-0.2, 0) is 17.9 Å². The number of nitrogens with one attached hydrogen (secondary N) is 1. The van der Waals surface area contributed by atoms with Gasteiger partial charge in [-0.2, -0.15) is 0 Å². The minimum atomic E-state index is -0.925. The van der Waals surface area contributed by atoms with Gasteiger partial charge in [0.25, 0.3) is 0 Å². The molecule has 2 N–H and O–H groups in total. The first-order chi connectivity index (χ1) is 9.56. The molecule has 1 fully saturated rings. The third-order valence-corrected chi connectivity index (χ3v) is 4.40. The van der Waals surface area contributed by atoms with E-state index in [1.54, 1.807) is 12.1 Å². The second-order valence-electron chi connectivity index (χ2n) is 5.69. The monoisotopic (exact) mass is 274 g/mol. The predicted octanol–water partition coefficient (Wildman–Crippen LogP) is 1.08. The molecule has 0 aromatic heterocycles. The maximum Gasteiger partial charge on any atom is 0.335 e. The number of rotatable bonds is 3. The van der Waals surface area contributed by atoms with E-state index >= 15 is 0 Å². The highest BCUT2D eigenvalue weighted by molar-refractivity contribution is 5.88. The summed E-state index contributed by atoms with van der Waals surface area (Å²) in [5.41, 5.74) is 2.30. The smallest absolute Gasteiger partial charge is 0.335 e. The number of benzene rings is 1. The molecule has 1 aromatic rings. The molecule has 5 nitrogen and oxygen atoms in total. The SMILES string of the molecule is CC(C(=O)N1Cc2ccc(C(=O)O)cc2C1)C1CNC1. The van der Waals surface area contributed by atoms with Crippen molar-refractivity contribution in [1.82, 2.24) is 10.2 Å². The first-order valence-electron chi connectivity index (χ1n) is 6.91. The molecule has 5 heteroatoms. The van der Waals surface area contributed by atoms with Gasteiger partial charge in [0, 0.05) is 19.0 Å². The van der Waals surface area contributed by atoms with Gasteiger partial charge in [0.15, 0.2) is 0 Å². The molecule has 1 atom stereocenters. The zero-order chi connectivity index (χ0) is 14.3. The number of aromatic carboxylic acids is 1. The van der Waals surface area contributed by atoms with E-state index in [0.29, 0.717) is 19.0 Å². The average Bonchev–Trinajstić information content (AvgIpc) is 2.78. The molecule has 2 aliphatic heterocycles. The fraction of sp³-hybridized carbons (Fsp3) is 0.467. The van der Waals surface area contributed by atoms with Crippen molar-refractivity contribution in [3.05, 3.63) is 34.9 Å². The third kappa shape index (κ3) is 2.18. The molecule has 1 saturated heterocycles. The summed E-state index contributed by atoms with van der Waals surface area (Å²) < 4.78 is 0. The van der Waals surface area contributed by atoms with Gasteiger partial charge in [-0.05, 0) is 42.3 Å². The maximum atomic E-state index is 12.4. The van der Waals surface area contributed by atoms with Crippen molar-refractivity contribution in [2.45, 2.75) is 20.0 Å². The normalized spacial score (nSPS) is 19.4.